The van der Waals surface area contributed by atoms with E-state index in [2.05, 4.69) is 4.74 Å². The summed E-state index contributed by atoms with van der Waals surface area (Å²) in [7, 11) is -7.64. The predicted molar refractivity (Wildman–Crippen MR) is 110 cm³/mol. The van der Waals surface area contributed by atoms with Crippen LogP contribution in [0.1, 0.15) is 55.4 Å². The van der Waals surface area contributed by atoms with E-state index in [4.69, 9.17) is 4.55 Å². The number of rotatable bonds is 12. The van der Waals surface area contributed by atoms with E-state index in [1.165, 1.54) is 0 Å². The normalized spacial score (nSPS) is 19.2. The lowest BCUT2D eigenvalue weighted by Gasteiger charge is -2.56. The maximum absolute atomic E-state index is 16.0. The van der Waals surface area contributed by atoms with Crippen LogP contribution < -0.4 is 0 Å². The highest BCUT2D eigenvalue weighted by molar-refractivity contribution is 7.86. The van der Waals surface area contributed by atoms with Gasteiger partial charge < -0.3 is 0 Å². The number of ether oxygens (including phenoxy) is 2. The Kier molecular flexibility index (Phi) is 10.00. The summed E-state index contributed by atoms with van der Waals surface area (Å²) in [5.41, 5.74) is -11.4. The van der Waals surface area contributed by atoms with E-state index in [1.807, 2.05) is 0 Å². The van der Waals surface area contributed by atoms with Gasteiger partial charge in [-0.2, -0.15) is 69.9 Å². The summed E-state index contributed by atoms with van der Waals surface area (Å²) in [5.74, 6) is -31.3. The van der Waals surface area contributed by atoms with Crippen LogP contribution in [-0.2, 0) is 19.6 Å². The lowest BCUT2D eigenvalue weighted by atomic mass is 9.56. The van der Waals surface area contributed by atoms with E-state index in [0.29, 0.717) is 20.8 Å². The van der Waals surface area contributed by atoms with Gasteiger partial charge in [0.1, 0.15) is 0 Å². The molecule has 2 unspecified atom stereocenters. The van der Waals surface area contributed by atoms with Gasteiger partial charge in [-0.3, -0.25) is 14.0 Å². The van der Waals surface area contributed by atoms with Gasteiger partial charge in [0.05, 0.1) is 0 Å². The topological polar surface area (TPSA) is 72.8 Å². The minimum atomic E-state index is -7.96. The van der Waals surface area contributed by atoms with E-state index in [1.54, 1.807) is 4.74 Å². The second kappa shape index (κ2) is 10.3. The molecule has 0 aliphatic heterocycles. The van der Waals surface area contributed by atoms with Crippen LogP contribution in [0.2, 0.25) is 0 Å². The zero-order valence-electron chi connectivity index (χ0n) is 22.9. The molecule has 0 rings (SSSR count). The molecule has 23 heteroatoms. The van der Waals surface area contributed by atoms with Crippen molar-refractivity contribution in [3.05, 3.63) is 0 Å². The average molecular weight is 700 g/mol. The smallest absolute Gasteiger partial charge is 0.281 e. The first-order valence-electron chi connectivity index (χ1n) is 11.0. The van der Waals surface area contributed by atoms with Crippen LogP contribution in [0.15, 0.2) is 0 Å². The molecule has 0 aromatic rings. The lowest BCUT2D eigenvalue weighted by Crippen LogP contribution is -2.72. The molecule has 0 bridgehead atoms. The summed E-state index contributed by atoms with van der Waals surface area (Å²) in [4.78, 5) is 0. The molecule has 0 saturated heterocycles. The lowest BCUT2D eigenvalue weighted by molar-refractivity contribution is -0.544. The maximum atomic E-state index is 16.0. The Hall–Kier alpha value is -1.36. The van der Waals surface area contributed by atoms with Crippen molar-refractivity contribution in [2.24, 2.45) is 16.2 Å². The SMILES string of the molecule is CC(C)(C)C(F)(F)C(F)(F)C(C)(C)C(C)(C)C(F)(OC(F)(F)C(F)(OC(F)(F)C(F)(F)S(=O)(=O)O)C(F)(F)F)C(C)(F)F. The summed E-state index contributed by atoms with van der Waals surface area (Å²) < 4.78 is 277. The second-order valence-corrected chi connectivity index (χ2v) is 12.9. The van der Waals surface area contributed by atoms with Crippen molar-refractivity contribution in [1.29, 1.82) is 0 Å². The van der Waals surface area contributed by atoms with Crippen molar-refractivity contribution in [2.75, 3.05) is 0 Å². The van der Waals surface area contributed by atoms with Gasteiger partial charge in [-0.15, -0.1) is 0 Å². The Morgan fingerprint density at radius 2 is 0.814 bits per heavy atom. The molecular weight excluding hydrogens is 675 g/mol. The van der Waals surface area contributed by atoms with Crippen molar-refractivity contribution in [3.8, 4) is 0 Å². The van der Waals surface area contributed by atoms with E-state index in [0.717, 1.165) is 0 Å². The second-order valence-electron chi connectivity index (χ2n) is 11.5. The number of hydrogen-bond acceptors (Lipinski definition) is 4. The molecule has 0 radical (unpaired) electrons. The van der Waals surface area contributed by atoms with E-state index in [-0.39, 0.29) is 27.7 Å². The van der Waals surface area contributed by atoms with Gasteiger partial charge in [-0.25, -0.2) is 13.2 Å². The predicted octanol–water partition coefficient (Wildman–Crippen LogP) is 8.60. The van der Waals surface area contributed by atoms with Gasteiger partial charge in [-0.1, -0.05) is 48.5 Å². The summed E-state index contributed by atoms with van der Waals surface area (Å²) >= 11 is 0. The molecule has 0 heterocycles. The summed E-state index contributed by atoms with van der Waals surface area (Å²) in [5, 5.41) is -7.40. The van der Waals surface area contributed by atoms with Crippen LogP contribution >= 0.6 is 0 Å². The van der Waals surface area contributed by atoms with Crippen LogP contribution in [0.25, 0.3) is 0 Å². The molecule has 2 atom stereocenters. The fourth-order valence-electron chi connectivity index (χ4n) is 3.33. The summed E-state index contributed by atoms with van der Waals surface area (Å²) in [6.45, 7) is -0.581. The summed E-state index contributed by atoms with van der Waals surface area (Å²) in [6, 6.07) is 0. The van der Waals surface area contributed by atoms with Crippen molar-refractivity contribution < 1.29 is 97.1 Å². The average Bonchev–Trinajstić information content (AvgIpc) is 2.68. The zero-order valence-corrected chi connectivity index (χ0v) is 23.7. The fraction of sp³-hybridized carbons (Fsp3) is 1.00. The number of alkyl halides is 17. The van der Waals surface area contributed by atoms with Crippen LogP contribution in [0.4, 0.5) is 74.6 Å². The third-order valence-electron chi connectivity index (χ3n) is 6.99. The first-order chi connectivity index (χ1) is 17.9. The Labute approximate surface area is 232 Å². The standard InChI is InChI=1S/C20H25F17O5S/c1-9(2,3)13(23,24)14(25,26)10(4,5)11(6,7)15(27,12(8,21)22)41-18(32,33)16(28,17(29,30)31)42-19(34,35)20(36,37)43(38,39)40/h1-8H3,(H,38,39,40). The van der Waals surface area contributed by atoms with Gasteiger partial charge in [0.25, 0.3) is 5.85 Å². The summed E-state index contributed by atoms with van der Waals surface area (Å²) in [6.07, 6.45) is -23.4. The monoisotopic (exact) mass is 700 g/mol. The van der Waals surface area contributed by atoms with Crippen LogP contribution in [0.5, 0.6) is 0 Å². The molecule has 43 heavy (non-hydrogen) atoms. The largest absolute Gasteiger partial charge is 0.460 e. The van der Waals surface area contributed by atoms with Gasteiger partial charge in [0.15, 0.2) is 0 Å². The zero-order chi connectivity index (χ0) is 35.9. The molecule has 0 aliphatic rings. The van der Waals surface area contributed by atoms with Crippen LogP contribution in [-0.4, -0.2) is 66.1 Å². The van der Waals surface area contributed by atoms with E-state index < -0.39 is 86.4 Å². The van der Waals surface area contributed by atoms with E-state index in [9.17, 15) is 69.9 Å². The highest BCUT2D eigenvalue weighted by Gasteiger charge is 2.86. The molecule has 0 aromatic carbocycles. The fourth-order valence-corrected chi connectivity index (χ4v) is 3.68. The molecule has 260 valence electrons. The Bertz CT molecular complexity index is 1140. The first kappa shape index (κ1) is 41.6. The van der Waals surface area contributed by atoms with Crippen molar-refractivity contribution in [1.82, 2.24) is 0 Å². The first-order valence-corrected chi connectivity index (χ1v) is 12.4. The molecular formula is C20H25F17O5S. The van der Waals surface area contributed by atoms with Crippen molar-refractivity contribution in [3.63, 3.8) is 0 Å². The highest BCUT2D eigenvalue weighted by atomic mass is 32.2. The van der Waals surface area contributed by atoms with Gasteiger partial charge in [0, 0.05) is 23.2 Å². The quantitative estimate of drug-likeness (QED) is 0.163. The maximum Gasteiger partial charge on any atom is 0.460 e. The molecule has 0 amide bonds. The molecule has 0 aromatic heterocycles. The number of hydrogen-bond donors (Lipinski definition) is 1. The molecule has 1 N–H and O–H groups in total. The minimum absolute atomic E-state index is 0.183. The Morgan fingerprint density at radius 1 is 0.488 bits per heavy atom. The highest BCUT2D eigenvalue weighted by Crippen LogP contribution is 2.67. The van der Waals surface area contributed by atoms with Crippen molar-refractivity contribution in [2.45, 2.75) is 109 Å². The third-order valence-corrected chi connectivity index (χ3v) is 7.88. The molecule has 0 fully saturated rings. The molecule has 5 nitrogen and oxygen atoms in total. The minimum Gasteiger partial charge on any atom is -0.281 e. The van der Waals surface area contributed by atoms with Gasteiger partial charge in [0.2, 0.25) is 0 Å². The van der Waals surface area contributed by atoms with Crippen LogP contribution in [0.3, 0.4) is 0 Å². The Morgan fingerprint density at radius 3 is 1.07 bits per heavy atom. The molecule has 0 spiro atoms. The third kappa shape index (κ3) is 5.99. The van der Waals surface area contributed by atoms with Crippen LogP contribution in [0, 0.1) is 16.2 Å². The van der Waals surface area contributed by atoms with E-state index >= 15 is 13.2 Å². The van der Waals surface area contributed by atoms with Crippen molar-refractivity contribution >= 4 is 10.1 Å². The molecule has 0 saturated carbocycles. The van der Waals surface area contributed by atoms with Gasteiger partial charge >= 0.3 is 57.4 Å². The number of halogens is 17. The molecule has 0 aliphatic carbocycles. The Balaban J connectivity index is 7.62. The van der Waals surface area contributed by atoms with Gasteiger partial charge in [-0.05, 0) is 0 Å².